The average molecular weight is 431 g/mol. The van der Waals surface area contributed by atoms with Crippen LogP contribution in [-0.2, 0) is 14.8 Å². The molecule has 28 heavy (non-hydrogen) atoms. The number of nitrogens with one attached hydrogen (secondary N) is 1. The van der Waals surface area contributed by atoms with E-state index >= 15 is 0 Å². The monoisotopic (exact) mass is 430 g/mol. The van der Waals surface area contributed by atoms with E-state index in [1.54, 1.807) is 0 Å². The number of halogens is 2. The van der Waals surface area contributed by atoms with E-state index in [2.05, 4.69) is 5.32 Å². The topological polar surface area (TPSA) is 66.5 Å². The van der Waals surface area contributed by atoms with E-state index in [0.717, 1.165) is 37.8 Å². The number of rotatable bonds is 4. The molecule has 3 rings (SSSR count). The summed E-state index contributed by atoms with van der Waals surface area (Å²) in [5.74, 6) is -0.758. The Balaban J connectivity index is 1.55. The van der Waals surface area contributed by atoms with Crippen LogP contribution >= 0.6 is 11.6 Å². The second-order valence-electron chi connectivity index (χ2n) is 7.80. The first-order valence-electron chi connectivity index (χ1n) is 10.1. The third-order valence-corrected chi connectivity index (χ3v) is 7.99. The highest BCUT2D eigenvalue weighted by Gasteiger charge is 2.33. The summed E-state index contributed by atoms with van der Waals surface area (Å²) in [6, 6.07) is 3.67. The van der Waals surface area contributed by atoms with Gasteiger partial charge in [-0.15, -0.1) is 0 Å². The van der Waals surface area contributed by atoms with Gasteiger partial charge in [0.2, 0.25) is 15.9 Å². The van der Waals surface area contributed by atoms with Gasteiger partial charge >= 0.3 is 0 Å². The van der Waals surface area contributed by atoms with E-state index in [9.17, 15) is 17.6 Å². The molecular formula is C20H28ClFN2O3S. The first-order valence-corrected chi connectivity index (χ1v) is 12.0. The molecule has 0 unspecified atom stereocenters. The minimum absolute atomic E-state index is 0.0173. The predicted molar refractivity (Wildman–Crippen MR) is 107 cm³/mol. The van der Waals surface area contributed by atoms with Crippen LogP contribution in [0.2, 0.25) is 5.02 Å². The summed E-state index contributed by atoms with van der Waals surface area (Å²) in [5.41, 5.74) is 0. The van der Waals surface area contributed by atoms with Crippen LogP contribution in [0, 0.1) is 11.7 Å². The highest BCUT2D eigenvalue weighted by atomic mass is 35.5. The summed E-state index contributed by atoms with van der Waals surface area (Å²) < 4.78 is 40.2. The highest BCUT2D eigenvalue weighted by Crippen LogP contribution is 2.27. The van der Waals surface area contributed by atoms with Crippen molar-refractivity contribution in [3.63, 3.8) is 0 Å². The van der Waals surface area contributed by atoms with E-state index in [0.29, 0.717) is 12.8 Å². The minimum atomic E-state index is -3.74. The minimum Gasteiger partial charge on any atom is -0.353 e. The van der Waals surface area contributed by atoms with Gasteiger partial charge in [0, 0.05) is 25.0 Å². The van der Waals surface area contributed by atoms with Crippen molar-refractivity contribution in [1.29, 1.82) is 0 Å². The van der Waals surface area contributed by atoms with Gasteiger partial charge < -0.3 is 5.32 Å². The van der Waals surface area contributed by atoms with Crippen LogP contribution in [0.3, 0.4) is 0 Å². The Bertz CT molecular complexity index is 787. The zero-order chi connectivity index (χ0) is 20.1. The van der Waals surface area contributed by atoms with Crippen molar-refractivity contribution >= 4 is 27.5 Å². The molecule has 1 aromatic rings. The maximum Gasteiger partial charge on any atom is 0.243 e. The SMILES string of the molecule is O=C(NC1CCCCCCC1)C1CCN(S(=O)(=O)c2ccc(F)c(Cl)c2)CC1. The Morgan fingerprint density at radius 2 is 1.64 bits per heavy atom. The summed E-state index contributed by atoms with van der Waals surface area (Å²) in [6.07, 6.45) is 9.11. The molecule has 1 saturated heterocycles. The summed E-state index contributed by atoms with van der Waals surface area (Å²) in [5, 5.41) is 2.98. The van der Waals surface area contributed by atoms with Gasteiger partial charge in [0.15, 0.2) is 0 Å². The van der Waals surface area contributed by atoms with Gasteiger partial charge in [-0.1, -0.05) is 43.7 Å². The normalized spacial score (nSPS) is 21.1. The van der Waals surface area contributed by atoms with Crippen LogP contribution < -0.4 is 5.32 Å². The van der Waals surface area contributed by atoms with Crippen LogP contribution in [0.25, 0.3) is 0 Å². The zero-order valence-corrected chi connectivity index (χ0v) is 17.6. The van der Waals surface area contributed by atoms with E-state index in [-0.39, 0.29) is 40.9 Å². The van der Waals surface area contributed by atoms with Gasteiger partial charge in [-0.05, 0) is 43.9 Å². The maximum atomic E-state index is 13.3. The van der Waals surface area contributed by atoms with Crippen molar-refractivity contribution in [1.82, 2.24) is 9.62 Å². The summed E-state index contributed by atoms with van der Waals surface area (Å²) in [6.45, 7) is 0.556. The van der Waals surface area contributed by atoms with Gasteiger partial charge in [-0.3, -0.25) is 4.79 Å². The van der Waals surface area contributed by atoms with Gasteiger partial charge in [-0.2, -0.15) is 4.31 Å². The molecule has 0 radical (unpaired) electrons. The number of amides is 1. The second-order valence-corrected chi connectivity index (χ2v) is 10.2. The number of hydrogen-bond donors (Lipinski definition) is 1. The lowest BCUT2D eigenvalue weighted by Gasteiger charge is -2.32. The second kappa shape index (κ2) is 9.55. The molecule has 1 aromatic carbocycles. The molecule has 156 valence electrons. The van der Waals surface area contributed by atoms with Crippen LogP contribution in [0.5, 0.6) is 0 Å². The number of nitrogens with zero attached hydrogens (tertiary/aromatic N) is 1. The lowest BCUT2D eigenvalue weighted by Crippen LogP contribution is -2.45. The van der Waals surface area contributed by atoms with Crippen molar-refractivity contribution in [2.24, 2.45) is 5.92 Å². The highest BCUT2D eigenvalue weighted by molar-refractivity contribution is 7.89. The molecule has 0 spiro atoms. The summed E-state index contributed by atoms with van der Waals surface area (Å²) >= 11 is 5.73. The third kappa shape index (κ3) is 5.24. The van der Waals surface area contributed by atoms with Gasteiger partial charge in [0.05, 0.1) is 9.92 Å². The van der Waals surface area contributed by atoms with Crippen molar-refractivity contribution in [2.45, 2.75) is 68.7 Å². The molecule has 0 atom stereocenters. The van der Waals surface area contributed by atoms with Crippen molar-refractivity contribution in [3.05, 3.63) is 29.0 Å². The fourth-order valence-electron chi connectivity index (χ4n) is 4.06. The van der Waals surface area contributed by atoms with Crippen molar-refractivity contribution in [3.8, 4) is 0 Å². The van der Waals surface area contributed by atoms with Crippen LogP contribution in [0.4, 0.5) is 4.39 Å². The Morgan fingerprint density at radius 1 is 1.04 bits per heavy atom. The van der Waals surface area contributed by atoms with Crippen LogP contribution in [0.1, 0.15) is 57.8 Å². The Morgan fingerprint density at radius 3 is 2.25 bits per heavy atom. The van der Waals surface area contributed by atoms with Gasteiger partial charge in [0.1, 0.15) is 5.82 Å². The molecule has 1 amide bonds. The summed E-state index contributed by atoms with van der Waals surface area (Å²) in [4.78, 5) is 12.6. The first kappa shape index (κ1) is 21.5. The molecule has 0 bridgehead atoms. The van der Waals surface area contributed by atoms with E-state index in [1.807, 2.05) is 0 Å². The Hall–Kier alpha value is -1.18. The quantitative estimate of drug-likeness (QED) is 0.781. The molecule has 2 aliphatic rings. The number of hydrogen-bond acceptors (Lipinski definition) is 3. The molecule has 5 nitrogen and oxygen atoms in total. The fourth-order valence-corrected chi connectivity index (χ4v) is 5.81. The van der Waals surface area contributed by atoms with Crippen molar-refractivity contribution < 1.29 is 17.6 Å². The van der Waals surface area contributed by atoms with Crippen LogP contribution in [-0.4, -0.2) is 37.8 Å². The number of benzene rings is 1. The van der Waals surface area contributed by atoms with Gasteiger partial charge in [-0.25, -0.2) is 12.8 Å². The molecule has 1 aliphatic heterocycles. The zero-order valence-electron chi connectivity index (χ0n) is 16.0. The molecule has 0 aromatic heterocycles. The smallest absolute Gasteiger partial charge is 0.243 e. The van der Waals surface area contributed by atoms with Gasteiger partial charge in [0.25, 0.3) is 0 Å². The Kier molecular flexibility index (Phi) is 7.34. The van der Waals surface area contributed by atoms with E-state index in [1.165, 1.54) is 29.6 Å². The number of carbonyl (C=O) groups excluding carboxylic acids is 1. The largest absolute Gasteiger partial charge is 0.353 e. The molecule has 2 fully saturated rings. The molecule has 1 N–H and O–H groups in total. The molecule has 1 heterocycles. The molecular weight excluding hydrogens is 403 g/mol. The standard InChI is InChI=1S/C20H28ClFN2O3S/c21-18-14-17(8-9-19(18)22)28(26,27)24-12-10-15(11-13-24)20(25)23-16-6-4-2-1-3-5-7-16/h8-9,14-16H,1-7,10-13H2,(H,23,25). The molecule has 1 saturated carbocycles. The number of carbonyl (C=O) groups is 1. The van der Waals surface area contributed by atoms with Crippen LogP contribution in [0.15, 0.2) is 23.1 Å². The number of sulfonamides is 1. The van der Waals surface area contributed by atoms with E-state index < -0.39 is 15.8 Å². The lowest BCUT2D eigenvalue weighted by atomic mass is 9.94. The summed E-state index contributed by atoms with van der Waals surface area (Å²) in [7, 11) is -3.74. The maximum absolute atomic E-state index is 13.3. The number of piperidine rings is 1. The lowest BCUT2D eigenvalue weighted by molar-refractivity contribution is -0.127. The first-order chi connectivity index (χ1) is 13.4. The fraction of sp³-hybridized carbons (Fsp3) is 0.650. The van der Waals surface area contributed by atoms with E-state index in [4.69, 9.17) is 11.6 Å². The predicted octanol–water partition coefficient (Wildman–Crippen LogP) is 4.11. The van der Waals surface area contributed by atoms with Crippen molar-refractivity contribution in [2.75, 3.05) is 13.1 Å². The average Bonchev–Trinajstić information content (AvgIpc) is 2.66. The molecule has 8 heteroatoms. The Labute approximate surface area is 171 Å². The molecule has 1 aliphatic carbocycles. The third-order valence-electron chi connectivity index (χ3n) is 5.81.